The van der Waals surface area contributed by atoms with Crippen molar-refractivity contribution >= 4 is 21.9 Å². The molecule has 0 saturated carbocycles. The van der Waals surface area contributed by atoms with E-state index < -0.39 is 0 Å². The Kier molecular flexibility index (Phi) is 6.59. The smallest absolute Gasteiger partial charge is 0.330 e. The van der Waals surface area contributed by atoms with Crippen molar-refractivity contribution in [3.8, 4) is 0 Å². The summed E-state index contributed by atoms with van der Waals surface area (Å²) in [6, 6.07) is 0. The molecule has 10 heavy (non-hydrogen) atoms. The molecule has 0 spiro atoms. The third-order valence-electron chi connectivity index (χ3n) is 0.816. The molecule has 0 aliphatic carbocycles. The molecule has 0 heterocycles. The van der Waals surface area contributed by atoms with E-state index in [0.717, 1.165) is 11.8 Å². The van der Waals surface area contributed by atoms with Crippen LogP contribution < -0.4 is 0 Å². The monoisotopic (exact) mass is 206 g/mol. The van der Waals surface area contributed by atoms with Crippen molar-refractivity contribution < 1.29 is 9.53 Å². The fourth-order valence-electron chi connectivity index (χ4n) is 0.433. The number of rotatable bonds is 4. The maximum Gasteiger partial charge on any atom is 0.330 e. The van der Waals surface area contributed by atoms with E-state index in [4.69, 9.17) is 0 Å². The van der Waals surface area contributed by atoms with Crippen LogP contribution in [0, 0.1) is 0 Å². The summed E-state index contributed by atoms with van der Waals surface area (Å²) in [5, 5.41) is 0.878. The lowest BCUT2D eigenvalue weighted by Crippen LogP contribution is -1.98. The van der Waals surface area contributed by atoms with Gasteiger partial charge in [0.15, 0.2) is 0 Å². The van der Waals surface area contributed by atoms with Gasteiger partial charge < -0.3 is 4.74 Å². The normalized spacial score (nSPS) is 10.2. The van der Waals surface area contributed by atoms with Crippen molar-refractivity contribution in [3.05, 3.63) is 12.2 Å². The van der Waals surface area contributed by atoms with E-state index in [1.165, 1.54) is 6.08 Å². The van der Waals surface area contributed by atoms with E-state index in [9.17, 15) is 4.79 Å². The molecule has 0 fully saturated rings. The van der Waals surface area contributed by atoms with Gasteiger partial charge in [-0.25, -0.2) is 4.79 Å². The maximum atomic E-state index is 10.6. The van der Waals surface area contributed by atoms with Gasteiger partial charge in [0.2, 0.25) is 0 Å². The Morgan fingerprint density at radius 3 is 2.90 bits per heavy atom. The van der Waals surface area contributed by atoms with Crippen LogP contribution in [0.4, 0.5) is 0 Å². The van der Waals surface area contributed by atoms with Crippen LogP contribution in [0.1, 0.15) is 13.3 Å². The Balaban J connectivity index is 3.36. The fraction of sp³-hybridized carbons (Fsp3) is 0.571. The summed E-state index contributed by atoms with van der Waals surface area (Å²) in [6.45, 7) is 2.23. The van der Waals surface area contributed by atoms with Crippen LogP contribution in [0.2, 0.25) is 0 Å². The van der Waals surface area contributed by atoms with Crippen molar-refractivity contribution in [2.45, 2.75) is 13.3 Å². The molecule has 3 heteroatoms. The minimum absolute atomic E-state index is 0.261. The minimum atomic E-state index is -0.261. The standard InChI is InChI=1S/C7H11BrO2/c1-2-10-7(9)5-3-4-6-8/h3,5H,2,4,6H2,1H3/b5-3+. The molecule has 0 aromatic rings. The zero-order valence-corrected chi connectivity index (χ0v) is 7.56. The Morgan fingerprint density at radius 2 is 2.40 bits per heavy atom. The van der Waals surface area contributed by atoms with Crippen LogP contribution in [-0.2, 0) is 9.53 Å². The molecule has 0 aliphatic rings. The van der Waals surface area contributed by atoms with Gasteiger partial charge in [0.05, 0.1) is 6.61 Å². The highest BCUT2D eigenvalue weighted by molar-refractivity contribution is 9.09. The molecule has 0 rings (SSSR count). The average molecular weight is 207 g/mol. The molecule has 0 aliphatic heterocycles. The van der Waals surface area contributed by atoms with Crippen molar-refractivity contribution in [2.75, 3.05) is 11.9 Å². The van der Waals surface area contributed by atoms with Crippen molar-refractivity contribution in [1.82, 2.24) is 0 Å². The first-order valence-electron chi connectivity index (χ1n) is 3.20. The van der Waals surface area contributed by atoms with Crippen molar-refractivity contribution in [1.29, 1.82) is 0 Å². The van der Waals surface area contributed by atoms with E-state index in [0.29, 0.717) is 6.61 Å². The number of carbonyl (C=O) groups is 1. The van der Waals surface area contributed by atoms with Crippen LogP contribution >= 0.6 is 15.9 Å². The van der Waals surface area contributed by atoms with Gasteiger partial charge in [-0.15, -0.1) is 0 Å². The first-order chi connectivity index (χ1) is 4.81. The third-order valence-corrected chi connectivity index (χ3v) is 1.27. The predicted octanol–water partition coefficient (Wildman–Crippen LogP) is 1.89. The minimum Gasteiger partial charge on any atom is -0.463 e. The topological polar surface area (TPSA) is 26.3 Å². The Bertz CT molecular complexity index is 121. The fourth-order valence-corrected chi connectivity index (χ4v) is 0.697. The molecule has 58 valence electrons. The van der Waals surface area contributed by atoms with Crippen LogP contribution in [0.15, 0.2) is 12.2 Å². The Labute approximate surface area is 69.4 Å². The Hall–Kier alpha value is -0.310. The number of halogens is 1. The van der Waals surface area contributed by atoms with Gasteiger partial charge in [-0.3, -0.25) is 0 Å². The summed E-state index contributed by atoms with van der Waals surface area (Å²) in [4.78, 5) is 10.6. The number of carbonyl (C=O) groups excluding carboxylic acids is 1. The molecular formula is C7H11BrO2. The largest absolute Gasteiger partial charge is 0.463 e. The molecular weight excluding hydrogens is 196 g/mol. The van der Waals surface area contributed by atoms with Gasteiger partial charge in [0.25, 0.3) is 0 Å². The van der Waals surface area contributed by atoms with Crippen LogP contribution in [-0.4, -0.2) is 17.9 Å². The third kappa shape index (κ3) is 5.82. The van der Waals surface area contributed by atoms with Crippen molar-refractivity contribution in [2.24, 2.45) is 0 Å². The van der Waals surface area contributed by atoms with Gasteiger partial charge in [-0.2, -0.15) is 0 Å². The molecule has 0 radical (unpaired) electrons. The maximum absolute atomic E-state index is 10.6. The van der Waals surface area contributed by atoms with Gasteiger partial charge in [0, 0.05) is 11.4 Å². The number of esters is 1. The highest BCUT2D eigenvalue weighted by atomic mass is 79.9. The second-order valence-electron chi connectivity index (χ2n) is 1.63. The highest BCUT2D eigenvalue weighted by Crippen LogP contribution is 1.89. The lowest BCUT2D eigenvalue weighted by atomic mass is 10.4. The summed E-state index contributed by atoms with van der Waals surface area (Å²) in [6.07, 6.45) is 4.09. The second-order valence-corrected chi connectivity index (χ2v) is 2.43. The van der Waals surface area contributed by atoms with Crippen LogP contribution in [0.3, 0.4) is 0 Å². The van der Waals surface area contributed by atoms with Gasteiger partial charge in [-0.05, 0) is 13.3 Å². The lowest BCUT2D eigenvalue weighted by molar-refractivity contribution is -0.137. The van der Waals surface area contributed by atoms with Gasteiger partial charge in [0.1, 0.15) is 0 Å². The number of allylic oxidation sites excluding steroid dienone is 1. The SMILES string of the molecule is CCOC(=O)/C=C/CCBr. The van der Waals surface area contributed by atoms with Crippen molar-refractivity contribution in [3.63, 3.8) is 0 Å². The zero-order chi connectivity index (χ0) is 7.82. The number of alkyl halides is 1. The molecule has 0 N–H and O–H groups in total. The summed E-state index contributed by atoms with van der Waals surface area (Å²) >= 11 is 3.24. The van der Waals surface area contributed by atoms with Gasteiger partial charge >= 0.3 is 5.97 Å². The number of hydrogen-bond donors (Lipinski definition) is 0. The van der Waals surface area contributed by atoms with E-state index in [1.54, 1.807) is 13.0 Å². The van der Waals surface area contributed by atoms with E-state index in [2.05, 4.69) is 20.7 Å². The lowest BCUT2D eigenvalue weighted by Gasteiger charge is -1.92. The molecule has 0 saturated heterocycles. The molecule has 0 aromatic heterocycles. The highest BCUT2D eigenvalue weighted by Gasteiger charge is 1.90. The average Bonchev–Trinajstić information content (AvgIpc) is 1.89. The zero-order valence-electron chi connectivity index (χ0n) is 5.97. The number of ether oxygens (including phenoxy) is 1. The van der Waals surface area contributed by atoms with Crippen LogP contribution in [0.25, 0.3) is 0 Å². The summed E-state index contributed by atoms with van der Waals surface area (Å²) in [5.74, 6) is -0.261. The predicted molar refractivity (Wildman–Crippen MR) is 44.2 cm³/mol. The molecule has 0 bridgehead atoms. The molecule has 2 nitrogen and oxygen atoms in total. The van der Waals surface area contributed by atoms with Crippen LogP contribution in [0.5, 0.6) is 0 Å². The number of hydrogen-bond acceptors (Lipinski definition) is 2. The summed E-state index contributed by atoms with van der Waals surface area (Å²) in [5.41, 5.74) is 0. The molecule has 0 amide bonds. The summed E-state index contributed by atoms with van der Waals surface area (Å²) < 4.78 is 4.65. The first-order valence-corrected chi connectivity index (χ1v) is 4.32. The van der Waals surface area contributed by atoms with E-state index >= 15 is 0 Å². The summed E-state index contributed by atoms with van der Waals surface area (Å²) in [7, 11) is 0. The molecule has 0 atom stereocenters. The second kappa shape index (κ2) is 6.81. The first kappa shape index (κ1) is 9.69. The molecule has 0 aromatic carbocycles. The van der Waals surface area contributed by atoms with E-state index in [1.807, 2.05) is 0 Å². The van der Waals surface area contributed by atoms with Gasteiger partial charge in [-0.1, -0.05) is 22.0 Å². The molecule has 0 unspecified atom stereocenters. The Morgan fingerprint density at radius 1 is 1.70 bits per heavy atom. The van der Waals surface area contributed by atoms with E-state index in [-0.39, 0.29) is 5.97 Å². The quantitative estimate of drug-likeness (QED) is 0.399.